The summed E-state index contributed by atoms with van der Waals surface area (Å²) >= 11 is 7.42. The first-order valence-corrected chi connectivity index (χ1v) is 9.86. The number of fused-ring (bicyclic) bond motifs is 1. The molecule has 1 saturated heterocycles. The van der Waals surface area contributed by atoms with E-state index in [1.54, 1.807) is 6.07 Å². The van der Waals surface area contributed by atoms with Crippen molar-refractivity contribution in [2.75, 3.05) is 24.2 Å². The molecular formula is C19H15ClN4O3S. The first kappa shape index (κ1) is 18.5. The Hall–Kier alpha value is -2.84. The lowest BCUT2D eigenvalue weighted by Gasteiger charge is -2.12. The molecule has 1 aromatic heterocycles. The Labute approximate surface area is 170 Å². The number of carbonyl (C=O) groups excluding carboxylic acids is 2. The summed E-state index contributed by atoms with van der Waals surface area (Å²) in [6.07, 6.45) is -0.605. The van der Waals surface area contributed by atoms with Crippen molar-refractivity contribution < 1.29 is 14.3 Å². The van der Waals surface area contributed by atoms with Crippen molar-refractivity contribution in [2.45, 2.75) is 5.16 Å². The molecule has 1 fully saturated rings. The lowest BCUT2D eigenvalue weighted by atomic mass is 10.2. The van der Waals surface area contributed by atoms with Crippen LogP contribution >= 0.6 is 23.4 Å². The predicted octanol–water partition coefficient (Wildman–Crippen LogP) is 4.10. The van der Waals surface area contributed by atoms with Gasteiger partial charge in [0, 0.05) is 5.39 Å². The number of anilines is 2. The molecular weight excluding hydrogens is 400 g/mol. The van der Waals surface area contributed by atoms with Crippen LogP contribution in [0.25, 0.3) is 10.9 Å². The van der Waals surface area contributed by atoms with Crippen molar-refractivity contribution in [3.63, 3.8) is 0 Å². The average Bonchev–Trinajstić information content (AvgIpc) is 3.14. The van der Waals surface area contributed by atoms with E-state index in [4.69, 9.17) is 16.3 Å². The van der Waals surface area contributed by atoms with Crippen molar-refractivity contribution in [1.82, 2.24) is 14.9 Å². The Kier molecular flexibility index (Phi) is 5.31. The molecule has 3 aromatic rings. The van der Waals surface area contributed by atoms with Crippen LogP contribution in [0, 0.1) is 0 Å². The summed E-state index contributed by atoms with van der Waals surface area (Å²) in [5.41, 5.74) is 1.46. The van der Waals surface area contributed by atoms with E-state index in [0.717, 1.165) is 21.5 Å². The van der Waals surface area contributed by atoms with E-state index < -0.39 is 6.09 Å². The highest BCUT2D eigenvalue weighted by atomic mass is 35.5. The number of aromatic nitrogens is 2. The van der Waals surface area contributed by atoms with Crippen LogP contribution in [0.5, 0.6) is 0 Å². The van der Waals surface area contributed by atoms with Gasteiger partial charge < -0.3 is 10.1 Å². The Morgan fingerprint density at radius 2 is 1.96 bits per heavy atom. The number of imide groups is 1. The molecule has 1 aliphatic rings. The van der Waals surface area contributed by atoms with Gasteiger partial charge in [-0.25, -0.2) is 19.7 Å². The van der Waals surface area contributed by atoms with Crippen LogP contribution in [0.1, 0.15) is 0 Å². The standard InChI is InChI=1S/C19H15ClN4O3S/c20-13-6-2-4-8-15(13)21-17-12-5-1-3-7-14(12)22-18(23-17)28-11-16(25)24-9-10-27-19(24)26/h1-8H,9-11H2,(H,21,22,23). The van der Waals surface area contributed by atoms with Crippen LogP contribution in [0.15, 0.2) is 53.7 Å². The summed E-state index contributed by atoms with van der Waals surface area (Å²) in [7, 11) is 0. The zero-order chi connectivity index (χ0) is 19.5. The van der Waals surface area contributed by atoms with Gasteiger partial charge in [-0.2, -0.15) is 0 Å². The lowest BCUT2D eigenvalue weighted by Crippen LogP contribution is -2.33. The Balaban J connectivity index is 1.60. The number of thioether (sulfide) groups is 1. The zero-order valence-corrected chi connectivity index (χ0v) is 16.2. The maximum Gasteiger partial charge on any atom is 0.416 e. The largest absolute Gasteiger partial charge is 0.447 e. The summed E-state index contributed by atoms with van der Waals surface area (Å²) < 4.78 is 4.80. The van der Waals surface area contributed by atoms with Gasteiger partial charge in [0.25, 0.3) is 0 Å². The van der Waals surface area contributed by atoms with E-state index in [-0.39, 0.29) is 24.8 Å². The minimum Gasteiger partial charge on any atom is -0.447 e. The minimum absolute atomic E-state index is 0.0406. The predicted molar refractivity (Wildman–Crippen MR) is 108 cm³/mol. The number of amides is 2. The number of ether oxygens (including phenoxy) is 1. The summed E-state index contributed by atoms with van der Waals surface area (Å²) in [6, 6.07) is 14.9. The van der Waals surface area contributed by atoms with Crippen molar-refractivity contribution in [3.05, 3.63) is 53.6 Å². The molecule has 1 aliphatic heterocycles. The molecule has 1 N–H and O–H groups in total. The molecule has 0 spiro atoms. The van der Waals surface area contributed by atoms with Gasteiger partial charge in [-0.05, 0) is 24.3 Å². The molecule has 4 rings (SSSR count). The molecule has 9 heteroatoms. The van der Waals surface area contributed by atoms with Crippen molar-refractivity contribution in [3.8, 4) is 0 Å². The molecule has 28 heavy (non-hydrogen) atoms. The van der Waals surface area contributed by atoms with Crippen LogP contribution in [-0.2, 0) is 9.53 Å². The van der Waals surface area contributed by atoms with Crippen LogP contribution in [-0.4, -0.2) is 45.8 Å². The second kappa shape index (κ2) is 8.04. The summed E-state index contributed by atoms with van der Waals surface area (Å²) in [6.45, 7) is 0.504. The van der Waals surface area contributed by atoms with Gasteiger partial charge in [-0.3, -0.25) is 4.79 Å². The van der Waals surface area contributed by atoms with Gasteiger partial charge in [0.2, 0.25) is 5.91 Å². The molecule has 0 aliphatic carbocycles. The molecule has 0 saturated carbocycles. The number of hydrogen-bond acceptors (Lipinski definition) is 7. The Morgan fingerprint density at radius 1 is 1.18 bits per heavy atom. The third-order valence-electron chi connectivity index (χ3n) is 4.10. The average molecular weight is 415 g/mol. The van der Waals surface area contributed by atoms with Crippen molar-refractivity contribution >= 4 is 57.8 Å². The summed E-state index contributed by atoms with van der Waals surface area (Å²) in [4.78, 5) is 33.9. The van der Waals surface area contributed by atoms with Crippen LogP contribution < -0.4 is 5.32 Å². The highest BCUT2D eigenvalue weighted by Gasteiger charge is 2.28. The third-order valence-corrected chi connectivity index (χ3v) is 5.26. The van der Waals surface area contributed by atoms with Crippen molar-refractivity contribution in [2.24, 2.45) is 0 Å². The molecule has 7 nitrogen and oxygen atoms in total. The number of nitrogens with zero attached hydrogens (tertiary/aromatic N) is 3. The number of halogens is 1. The topological polar surface area (TPSA) is 84.4 Å². The van der Waals surface area contributed by atoms with Gasteiger partial charge in [-0.15, -0.1) is 0 Å². The maximum atomic E-state index is 12.2. The highest BCUT2D eigenvalue weighted by molar-refractivity contribution is 7.99. The monoisotopic (exact) mass is 414 g/mol. The fraction of sp³-hybridized carbons (Fsp3) is 0.158. The molecule has 0 radical (unpaired) electrons. The minimum atomic E-state index is -0.605. The fourth-order valence-corrected chi connectivity index (χ4v) is 3.64. The summed E-state index contributed by atoms with van der Waals surface area (Å²) in [5.74, 6) is 0.304. The van der Waals surface area contributed by atoms with Crippen LogP contribution in [0.2, 0.25) is 5.02 Å². The number of para-hydroxylation sites is 2. The van der Waals surface area contributed by atoms with E-state index in [1.807, 2.05) is 42.5 Å². The zero-order valence-electron chi connectivity index (χ0n) is 14.6. The molecule has 0 atom stereocenters. The van der Waals surface area contributed by atoms with Gasteiger partial charge >= 0.3 is 6.09 Å². The lowest BCUT2D eigenvalue weighted by molar-refractivity contribution is -0.125. The van der Waals surface area contributed by atoms with Gasteiger partial charge in [-0.1, -0.05) is 47.6 Å². The van der Waals surface area contributed by atoms with Gasteiger partial charge in [0.1, 0.15) is 12.4 Å². The van der Waals surface area contributed by atoms with E-state index in [9.17, 15) is 9.59 Å². The number of hydrogen-bond donors (Lipinski definition) is 1. The number of rotatable bonds is 5. The first-order valence-electron chi connectivity index (χ1n) is 8.50. The van der Waals surface area contributed by atoms with E-state index in [2.05, 4.69) is 15.3 Å². The molecule has 2 amide bonds. The second-order valence-corrected chi connectivity index (χ2v) is 7.27. The smallest absolute Gasteiger partial charge is 0.416 e. The highest BCUT2D eigenvalue weighted by Crippen LogP contribution is 2.30. The van der Waals surface area contributed by atoms with Crippen molar-refractivity contribution in [1.29, 1.82) is 0 Å². The van der Waals surface area contributed by atoms with E-state index >= 15 is 0 Å². The molecule has 2 aromatic carbocycles. The van der Waals surface area contributed by atoms with Crippen LogP contribution in [0.4, 0.5) is 16.3 Å². The number of carbonyl (C=O) groups is 2. The van der Waals surface area contributed by atoms with Gasteiger partial charge in [0.15, 0.2) is 5.16 Å². The summed E-state index contributed by atoms with van der Waals surface area (Å²) in [5, 5.41) is 5.07. The number of cyclic esters (lactones) is 1. The van der Waals surface area contributed by atoms with E-state index in [1.165, 1.54) is 11.8 Å². The van der Waals surface area contributed by atoms with E-state index in [0.29, 0.717) is 16.0 Å². The maximum absolute atomic E-state index is 12.2. The molecule has 2 heterocycles. The molecule has 142 valence electrons. The SMILES string of the molecule is O=C(CSc1nc(Nc2ccccc2Cl)c2ccccc2n1)N1CCOC1=O. The third kappa shape index (κ3) is 3.88. The fourth-order valence-electron chi connectivity index (χ4n) is 2.73. The van der Waals surface area contributed by atoms with Gasteiger partial charge in [0.05, 0.1) is 28.5 Å². The normalized spacial score (nSPS) is 13.6. The van der Waals surface area contributed by atoms with Crippen LogP contribution in [0.3, 0.4) is 0 Å². The Bertz CT molecular complexity index is 1060. The molecule has 0 bridgehead atoms. The number of benzene rings is 2. The first-order chi connectivity index (χ1) is 13.6. The molecule has 0 unspecified atom stereocenters. The number of nitrogens with one attached hydrogen (secondary N) is 1. The Morgan fingerprint density at radius 3 is 2.75 bits per heavy atom. The quantitative estimate of drug-likeness (QED) is 0.497. The second-order valence-electron chi connectivity index (χ2n) is 5.93.